The second-order valence-electron chi connectivity index (χ2n) is 4.71. The largest absolute Gasteiger partial charge is 0.456 e. The summed E-state index contributed by atoms with van der Waals surface area (Å²) in [5, 5.41) is 1.23. The Morgan fingerprint density at radius 1 is 1.32 bits per heavy atom. The predicted molar refractivity (Wildman–Crippen MR) is 77.9 cm³/mol. The van der Waals surface area contributed by atoms with Gasteiger partial charge in [-0.05, 0) is 32.0 Å². The summed E-state index contributed by atoms with van der Waals surface area (Å²) in [6, 6.07) is 5.27. The molecule has 2 rings (SSSR count). The van der Waals surface area contributed by atoms with Crippen LogP contribution < -0.4 is 0 Å². The van der Waals surface area contributed by atoms with Crippen molar-refractivity contribution in [3.63, 3.8) is 0 Å². The lowest BCUT2D eigenvalue weighted by molar-refractivity contribution is 0.0940. The topological polar surface area (TPSA) is 56.5 Å². The number of rotatable bonds is 3. The Hall–Kier alpha value is -0.560. The summed E-state index contributed by atoms with van der Waals surface area (Å²) in [7, 11) is -3.59. The summed E-state index contributed by atoms with van der Waals surface area (Å²) in [4.78, 5) is 0. The molecule has 0 saturated heterocycles. The summed E-state index contributed by atoms with van der Waals surface area (Å²) in [6.45, 7) is 3.24. The highest BCUT2D eigenvalue weighted by atomic mass is 79.9. The maximum absolute atomic E-state index is 11.3. The van der Waals surface area contributed by atoms with Gasteiger partial charge in [-0.25, -0.2) is 0 Å². The Kier molecular flexibility index (Phi) is 3.72. The van der Waals surface area contributed by atoms with Gasteiger partial charge in [-0.15, -0.1) is 0 Å². The van der Waals surface area contributed by atoms with Gasteiger partial charge in [0, 0.05) is 9.86 Å². The van der Waals surface area contributed by atoms with Gasteiger partial charge >= 0.3 is 0 Å². The zero-order valence-electron chi connectivity index (χ0n) is 10.5. The molecule has 0 bridgehead atoms. The van der Waals surface area contributed by atoms with Crippen molar-refractivity contribution in [2.75, 3.05) is 6.26 Å². The fourth-order valence-electron chi connectivity index (χ4n) is 1.79. The van der Waals surface area contributed by atoms with Crippen LogP contribution in [0.2, 0.25) is 5.02 Å². The van der Waals surface area contributed by atoms with E-state index in [1.54, 1.807) is 26.0 Å². The highest BCUT2D eigenvalue weighted by Crippen LogP contribution is 2.36. The van der Waals surface area contributed by atoms with Crippen molar-refractivity contribution in [2.24, 2.45) is 0 Å². The molecule has 0 aliphatic heterocycles. The lowest BCUT2D eigenvalue weighted by atomic mass is 10.1. The molecule has 7 heteroatoms. The van der Waals surface area contributed by atoms with Crippen molar-refractivity contribution < 1.29 is 17.0 Å². The van der Waals surface area contributed by atoms with Crippen LogP contribution in [0.4, 0.5) is 0 Å². The maximum atomic E-state index is 11.3. The third kappa shape index (κ3) is 3.31. The first-order chi connectivity index (χ1) is 8.58. The first-order valence-corrected chi connectivity index (χ1v) is 8.37. The van der Waals surface area contributed by atoms with E-state index in [0.717, 1.165) is 16.1 Å². The minimum absolute atomic E-state index is 0.396. The molecule has 0 atom stereocenters. The molecule has 0 unspecified atom stereocenters. The van der Waals surface area contributed by atoms with Crippen LogP contribution in [-0.2, 0) is 19.9 Å². The Labute approximate surface area is 124 Å². The quantitative estimate of drug-likeness (QED) is 0.768. The van der Waals surface area contributed by atoms with Crippen molar-refractivity contribution in [3.8, 4) is 0 Å². The van der Waals surface area contributed by atoms with Gasteiger partial charge in [0.1, 0.15) is 11.4 Å². The first-order valence-electron chi connectivity index (χ1n) is 5.38. The summed E-state index contributed by atoms with van der Waals surface area (Å²) in [6.07, 6.45) is 1.00. The van der Waals surface area contributed by atoms with Crippen LogP contribution in [0.3, 0.4) is 0 Å². The van der Waals surface area contributed by atoms with Crippen molar-refractivity contribution in [3.05, 3.63) is 33.5 Å². The van der Waals surface area contributed by atoms with E-state index in [9.17, 15) is 8.42 Å². The van der Waals surface area contributed by atoms with E-state index in [2.05, 4.69) is 15.9 Å². The van der Waals surface area contributed by atoms with Crippen molar-refractivity contribution in [1.82, 2.24) is 0 Å². The molecule has 19 heavy (non-hydrogen) atoms. The molecule has 0 aliphatic carbocycles. The third-order valence-corrected chi connectivity index (χ3v) is 3.95. The minimum Gasteiger partial charge on any atom is -0.456 e. The Bertz CT molecular complexity index is 734. The lowest BCUT2D eigenvalue weighted by Crippen LogP contribution is -2.24. The van der Waals surface area contributed by atoms with Crippen molar-refractivity contribution in [2.45, 2.75) is 19.4 Å². The Morgan fingerprint density at radius 2 is 1.95 bits per heavy atom. The van der Waals surface area contributed by atoms with Gasteiger partial charge in [0.2, 0.25) is 0 Å². The average molecular weight is 368 g/mol. The molecular weight excluding hydrogens is 356 g/mol. The zero-order chi connectivity index (χ0) is 14.4. The number of hydrogen-bond donors (Lipinski definition) is 0. The molecule has 0 spiro atoms. The van der Waals surface area contributed by atoms with Crippen LogP contribution in [0.5, 0.6) is 0 Å². The summed E-state index contributed by atoms with van der Waals surface area (Å²) < 4.78 is 34.0. The number of benzene rings is 1. The molecule has 1 heterocycles. The van der Waals surface area contributed by atoms with Crippen LogP contribution >= 0.6 is 27.5 Å². The third-order valence-electron chi connectivity index (χ3n) is 2.49. The van der Waals surface area contributed by atoms with E-state index in [1.165, 1.54) is 0 Å². The molecule has 0 fully saturated rings. The van der Waals surface area contributed by atoms with E-state index < -0.39 is 15.7 Å². The number of hydrogen-bond acceptors (Lipinski definition) is 4. The van der Waals surface area contributed by atoms with Crippen LogP contribution in [0.15, 0.2) is 27.1 Å². The van der Waals surface area contributed by atoms with E-state index in [-0.39, 0.29) is 0 Å². The van der Waals surface area contributed by atoms with Crippen molar-refractivity contribution >= 4 is 48.6 Å². The fourth-order valence-corrected chi connectivity index (χ4v) is 3.50. The van der Waals surface area contributed by atoms with Crippen LogP contribution in [-0.4, -0.2) is 14.7 Å². The van der Waals surface area contributed by atoms with E-state index in [0.29, 0.717) is 16.4 Å². The molecule has 4 nitrogen and oxygen atoms in total. The van der Waals surface area contributed by atoms with Crippen molar-refractivity contribution in [1.29, 1.82) is 0 Å². The lowest BCUT2D eigenvalue weighted by Gasteiger charge is -2.20. The Balaban J connectivity index is 2.55. The smallest absolute Gasteiger partial charge is 0.265 e. The van der Waals surface area contributed by atoms with Crippen LogP contribution in [0, 0.1) is 0 Å². The fraction of sp³-hybridized carbons (Fsp3) is 0.333. The zero-order valence-corrected chi connectivity index (χ0v) is 13.7. The van der Waals surface area contributed by atoms with Gasteiger partial charge in [0.25, 0.3) is 10.1 Å². The number of furan rings is 1. The summed E-state index contributed by atoms with van der Waals surface area (Å²) in [5.41, 5.74) is -0.590. The van der Waals surface area contributed by atoms with E-state index in [4.69, 9.17) is 20.2 Å². The average Bonchev–Trinajstić information content (AvgIpc) is 2.57. The second-order valence-corrected chi connectivity index (χ2v) is 7.61. The van der Waals surface area contributed by atoms with Gasteiger partial charge in [-0.3, -0.25) is 4.18 Å². The SMILES string of the molecule is CC(C)(OS(C)(=O)=O)c1cc2cc(Br)cc(Cl)c2o1. The summed E-state index contributed by atoms with van der Waals surface area (Å²) in [5.74, 6) is 0.396. The monoisotopic (exact) mass is 366 g/mol. The Morgan fingerprint density at radius 3 is 2.53 bits per heavy atom. The van der Waals surface area contributed by atoms with Gasteiger partial charge in [0.15, 0.2) is 5.58 Å². The maximum Gasteiger partial charge on any atom is 0.265 e. The molecular formula is C12H12BrClO4S. The molecule has 1 aromatic carbocycles. The summed E-state index contributed by atoms with van der Waals surface area (Å²) >= 11 is 9.41. The first kappa shape index (κ1) is 14.8. The number of halogens is 2. The van der Waals surface area contributed by atoms with Crippen LogP contribution in [0.1, 0.15) is 19.6 Å². The normalized spacial score (nSPS) is 13.1. The molecule has 1 aromatic heterocycles. The molecule has 0 aliphatic rings. The minimum atomic E-state index is -3.59. The van der Waals surface area contributed by atoms with Gasteiger partial charge in [0.05, 0.1) is 11.3 Å². The molecule has 104 valence electrons. The van der Waals surface area contributed by atoms with Crippen LogP contribution in [0.25, 0.3) is 11.0 Å². The molecule has 2 aromatic rings. The molecule has 0 radical (unpaired) electrons. The molecule has 0 amide bonds. The highest BCUT2D eigenvalue weighted by Gasteiger charge is 2.30. The predicted octanol–water partition coefficient (Wildman–Crippen LogP) is 4.06. The van der Waals surface area contributed by atoms with Gasteiger partial charge < -0.3 is 4.42 Å². The standard InChI is InChI=1S/C12H12BrClO4S/c1-12(2,18-19(3,15)16)10-5-7-4-8(13)6-9(14)11(7)17-10/h4-6H,1-3H3. The number of fused-ring (bicyclic) bond motifs is 1. The van der Waals surface area contributed by atoms with E-state index in [1.807, 2.05) is 6.07 Å². The molecule has 0 saturated carbocycles. The van der Waals surface area contributed by atoms with Gasteiger partial charge in [-0.1, -0.05) is 27.5 Å². The second kappa shape index (κ2) is 4.77. The van der Waals surface area contributed by atoms with E-state index >= 15 is 0 Å². The molecule has 0 N–H and O–H groups in total. The van der Waals surface area contributed by atoms with Gasteiger partial charge in [-0.2, -0.15) is 8.42 Å². The highest BCUT2D eigenvalue weighted by molar-refractivity contribution is 9.10.